The number of hydrazine groups is 1. The Hall–Kier alpha value is -1.44. The maximum Gasteiger partial charge on any atom is 0.161 e. The summed E-state index contributed by atoms with van der Waals surface area (Å²) in [4.78, 5) is 0. The van der Waals surface area contributed by atoms with Gasteiger partial charge in [-0.3, -0.25) is 10.5 Å². The monoisotopic (exact) mass is 356 g/mol. The lowest BCUT2D eigenvalue weighted by molar-refractivity contribution is 0.398. The van der Waals surface area contributed by atoms with Crippen LogP contribution in [0.25, 0.3) is 0 Å². The van der Waals surface area contributed by atoms with Crippen LogP contribution >= 0.6 is 15.9 Å². The quantitative estimate of drug-likeness (QED) is 0.616. The molecule has 0 saturated carbocycles. The van der Waals surface area contributed by atoms with Crippen molar-refractivity contribution in [3.63, 3.8) is 0 Å². The first-order valence-electron chi connectivity index (χ1n) is 6.63. The maximum atomic E-state index is 13.8. The largest absolute Gasteiger partial charge is 0.493 e. The van der Waals surface area contributed by atoms with Crippen molar-refractivity contribution in [3.8, 4) is 5.75 Å². The van der Waals surface area contributed by atoms with E-state index in [1.807, 2.05) is 4.68 Å². The Morgan fingerprint density at radius 3 is 2.86 bits per heavy atom. The van der Waals surface area contributed by atoms with Gasteiger partial charge in [-0.2, -0.15) is 5.10 Å². The van der Waals surface area contributed by atoms with Crippen molar-refractivity contribution in [2.75, 3.05) is 7.11 Å². The molecule has 21 heavy (non-hydrogen) atoms. The van der Waals surface area contributed by atoms with Gasteiger partial charge < -0.3 is 4.74 Å². The molecule has 0 spiro atoms. The number of aryl methyl sites for hydroxylation is 1. The van der Waals surface area contributed by atoms with Gasteiger partial charge in [-0.25, -0.2) is 9.82 Å². The number of nitrogens with one attached hydrogen (secondary N) is 1. The van der Waals surface area contributed by atoms with E-state index in [1.54, 1.807) is 25.4 Å². The van der Waals surface area contributed by atoms with Crippen LogP contribution < -0.4 is 16.0 Å². The van der Waals surface area contributed by atoms with Crippen LogP contribution in [0.5, 0.6) is 5.75 Å². The molecule has 2 rings (SSSR count). The van der Waals surface area contributed by atoms with E-state index in [4.69, 9.17) is 10.6 Å². The van der Waals surface area contributed by atoms with Gasteiger partial charge in [0.2, 0.25) is 0 Å². The molecule has 0 aliphatic carbocycles. The highest BCUT2D eigenvalue weighted by atomic mass is 79.9. The van der Waals surface area contributed by atoms with Gasteiger partial charge in [-0.15, -0.1) is 0 Å². The van der Waals surface area contributed by atoms with Crippen LogP contribution in [0.15, 0.2) is 28.9 Å². The van der Waals surface area contributed by atoms with E-state index < -0.39 is 6.04 Å². The minimum Gasteiger partial charge on any atom is -0.493 e. The Labute approximate surface area is 131 Å². The molecular weight excluding hydrogens is 339 g/mol. The number of aromatic nitrogens is 2. The van der Waals surface area contributed by atoms with Crippen LogP contribution in [-0.2, 0) is 6.54 Å². The van der Waals surface area contributed by atoms with E-state index in [9.17, 15) is 4.39 Å². The predicted molar refractivity (Wildman–Crippen MR) is 82.3 cm³/mol. The zero-order chi connectivity index (χ0) is 15.4. The SMILES string of the molecule is CCCn1ncc(OC)c1C(NN)c1ccc(Br)c(F)c1. The third-order valence-corrected chi connectivity index (χ3v) is 3.86. The van der Waals surface area contributed by atoms with Gasteiger partial charge in [0.25, 0.3) is 0 Å². The second-order valence-corrected chi connectivity index (χ2v) is 5.45. The fraction of sp³-hybridized carbons (Fsp3) is 0.357. The highest BCUT2D eigenvalue weighted by Crippen LogP contribution is 2.31. The van der Waals surface area contributed by atoms with Crippen molar-refractivity contribution < 1.29 is 9.13 Å². The molecule has 0 aliphatic rings. The predicted octanol–water partition coefficient (Wildman–Crippen LogP) is 2.76. The number of ether oxygens (including phenoxy) is 1. The minimum atomic E-state index is -0.406. The lowest BCUT2D eigenvalue weighted by Gasteiger charge is -2.19. The minimum absolute atomic E-state index is 0.340. The Bertz CT molecular complexity index is 617. The van der Waals surface area contributed by atoms with E-state index in [0.717, 1.165) is 18.7 Å². The van der Waals surface area contributed by atoms with Crippen molar-refractivity contribution >= 4 is 15.9 Å². The van der Waals surface area contributed by atoms with Crippen molar-refractivity contribution in [3.05, 3.63) is 45.9 Å². The molecular formula is C14H18BrFN4O. The smallest absolute Gasteiger partial charge is 0.161 e. The van der Waals surface area contributed by atoms with E-state index in [0.29, 0.717) is 15.8 Å². The molecule has 0 amide bonds. The lowest BCUT2D eigenvalue weighted by atomic mass is 10.0. The Morgan fingerprint density at radius 2 is 2.29 bits per heavy atom. The average molecular weight is 357 g/mol. The molecule has 0 bridgehead atoms. The summed E-state index contributed by atoms with van der Waals surface area (Å²) < 4.78 is 21.4. The highest BCUT2D eigenvalue weighted by molar-refractivity contribution is 9.10. The van der Waals surface area contributed by atoms with E-state index in [1.165, 1.54) is 6.07 Å². The van der Waals surface area contributed by atoms with E-state index in [-0.39, 0.29) is 5.82 Å². The first-order chi connectivity index (χ1) is 10.1. The molecule has 1 aromatic carbocycles. The molecule has 0 aliphatic heterocycles. The second-order valence-electron chi connectivity index (χ2n) is 4.59. The zero-order valence-electron chi connectivity index (χ0n) is 11.9. The first-order valence-corrected chi connectivity index (χ1v) is 7.42. The first kappa shape index (κ1) is 15.9. The Morgan fingerprint density at radius 1 is 1.52 bits per heavy atom. The van der Waals surface area contributed by atoms with Gasteiger partial charge in [0.1, 0.15) is 11.5 Å². The molecule has 1 atom stereocenters. The Balaban J connectivity index is 2.49. The molecule has 0 radical (unpaired) electrons. The number of hydrogen-bond donors (Lipinski definition) is 2. The summed E-state index contributed by atoms with van der Waals surface area (Å²) in [5.74, 6) is 5.97. The summed E-state index contributed by atoms with van der Waals surface area (Å²) in [6.45, 7) is 2.79. The number of halogens is 2. The maximum absolute atomic E-state index is 13.8. The molecule has 1 heterocycles. The van der Waals surface area contributed by atoms with Crippen molar-refractivity contribution in [2.24, 2.45) is 5.84 Å². The molecule has 0 fully saturated rings. The standard InChI is InChI=1S/C14H18BrFN4O/c1-3-6-20-14(12(21-2)8-18-20)13(19-17)9-4-5-10(15)11(16)7-9/h4-5,7-8,13,19H,3,6,17H2,1-2H3. The summed E-state index contributed by atoms with van der Waals surface area (Å²) in [6, 6.07) is 4.50. The summed E-state index contributed by atoms with van der Waals surface area (Å²) in [5.41, 5.74) is 4.20. The normalized spacial score (nSPS) is 12.4. The van der Waals surface area contributed by atoms with Gasteiger partial charge in [0.15, 0.2) is 5.75 Å². The van der Waals surface area contributed by atoms with Crippen LogP contribution in [0, 0.1) is 5.82 Å². The number of nitrogens with zero attached hydrogens (tertiary/aromatic N) is 2. The number of benzene rings is 1. The molecule has 1 unspecified atom stereocenters. The number of methoxy groups -OCH3 is 1. The fourth-order valence-corrected chi connectivity index (χ4v) is 2.49. The lowest BCUT2D eigenvalue weighted by Crippen LogP contribution is -2.31. The number of hydrogen-bond acceptors (Lipinski definition) is 4. The zero-order valence-corrected chi connectivity index (χ0v) is 13.5. The molecule has 114 valence electrons. The summed E-state index contributed by atoms with van der Waals surface area (Å²) >= 11 is 3.15. The second kappa shape index (κ2) is 7.02. The fourth-order valence-electron chi connectivity index (χ4n) is 2.24. The molecule has 5 nitrogen and oxygen atoms in total. The average Bonchev–Trinajstić information content (AvgIpc) is 2.87. The molecule has 0 saturated heterocycles. The van der Waals surface area contributed by atoms with Crippen molar-refractivity contribution in [2.45, 2.75) is 25.9 Å². The van der Waals surface area contributed by atoms with E-state index >= 15 is 0 Å². The Kier molecular flexibility index (Phi) is 5.33. The summed E-state index contributed by atoms with van der Waals surface area (Å²) in [5, 5.41) is 4.30. The summed E-state index contributed by atoms with van der Waals surface area (Å²) in [6.07, 6.45) is 2.56. The van der Waals surface area contributed by atoms with E-state index in [2.05, 4.69) is 33.4 Å². The topological polar surface area (TPSA) is 65.1 Å². The van der Waals surface area contributed by atoms with Crippen LogP contribution in [0.2, 0.25) is 0 Å². The molecule has 2 aromatic rings. The van der Waals surface area contributed by atoms with Gasteiger partial charge in [0, 0.05) is 6.54 Å². The van der Waals surface area contributed by atoms with Gasteiger partial charge in [-0.1, -0.05) is 13.0 Å². The van der Waals surface area contributed by atoms with Crippen LogP contribution in [0.3, 0.4) is 0 Å². The van der Waals surface area contributed by atoms with Gasteiger partial charge in [-0.05, 0) is 40.0 Å². The van der Waals surface area contributed by atoms with Crippen molar-refractivity contribution in [1.82, 2.24) is 15.2 Å². The third-order valence-electron chi connectivity index (χ3n) is 3.22. The highest BCUT2D eigenvalue weighted by Gasteiger charge is 2.23. The van der Waals surface area contributed by atoms with Crippen LogP contribution in [0.1, 0.15) is 30.6 Å². The van der Waals surface area contributed by atoms with Crippen LogP contribution in [0.4, 0.5) is 4.39 Å². The van der Waals surface area contributed by atoms with Crippen molar-refractivity contribution in [1.29, 1.82) is 0 Å². The van der Waals surface area contributed by atoms with Crippen LogP contribution in [-0.4, -0.2) is 16.9 Å². The number of nitrogens with two attached hydrogens (primary N) is 1. The third kappa shape index (κ3) is 3.25. The number of rotatable bonds is 6. The molecule has 1 aromatic heterocycles. The molecule has 3 N–H and O–H groups in total. The molecule has 7 heteroatoms. The van der Waals surface area contributed by atoms with Gasteiger partial charge >= 0.3 is 0 Å². The summed E-state index contributed by atoms with van der Waals surface area (Å²) in [7, 11) is 1.58. The van der Waals surface area contributed by atoms with Gasteiger partial charge in [0.05, 0.1) is 23.8 Å².